The molecule has 0 saturated carbocycles. The van der Waals surface area contributed by atoms with Gasteiger partial charge in [-0.25, -0.2) is 9.78 Å². The number of rotatable bonds is 0. The zero-order valence-corrected chi connectivity index (χ0v) is 7.06. The monoisotopic (exact) mass is 187 g/mol. The van der Waals surface area contributed by atoms with E-state index in [1.54, 1.807) is 12.1 Å². The third-order valence-corrected chi connectivity index (χ3v) is 2.07. The summed E-state index contributed by atoms with van der Waals surface area (Å²) in [6, 6.07) is 6.57. The molecule has 0 N–H and O–H groups in total. The van der Waals surface area contributed by atoms with Gasteiger partial charge < -0.3 is 8.83 Å². The van der Waals surface area contributed by atoms with Gasteiger partial charge in [0.25, 0.3) is 0 Å². The average Bonchev–Trinajstić information content (AvgIpc) is 2.61. The summed E-state index contributed by atoms with van der Waals surface area (Å²) in [5.74, 6) is 0. The highest BCUT2D eigenvalue weighted by Gasteiger charge is 2.03. The largest absolute Gasteiger partial charge is 0.443 e. The summed E-state index contributed by atoms with van der Waals surface area (Å²) >= 11 is 0. The van der Waals surface area contributed by atoms with Crippen LogP contribution >= 0.6 is 0 Å². The van der Waals surface area contributed by atoms with E-state index in [0.29, 0.717) is 11.2 Å². The fraction of sp³-hybridized carbons (Fsp3) is 0. The molecule has 0 bridgehead atoms. The minimum atomic E-state index is -0.364. The molecule has 0 aliphatic heterocycles. The Morgan fingerprint density at radius 2 is 2.07 bits per heavy atom. The van der Waals surface area contributed by atoms with Crippen molar-refractivity contribution in [2.24, 2.45) is 0 Å². The first kappa shape index (κ1) is 7.32. The SMILES string of the molecule is O=c1ccc2cc3ncoc3cc2o1. The van der Waals surface area contributed by atoms with E-state index in [9.17, 15) is 4.79 Å². The number of benzene rings is 1. The Kier molecular flexibility index (Phi) is 1.28. The lowest BCUT2D eigenvalue weighted by Gasteiger charge is -1.93. The molecule has 0 radical (unpaired) electrons. The number of oxazole rings is 1. The highest BCUT2D eigenvalue weighted by atomic mass is 16.4. The lowest BCUT2D eigenvalue weighted by Crippen LogP contribution is -1.93. The van der Waals surface area contributed by atoms with Crippen molar-refractivity contribution in [1.29, 1.82) is 0 Å². The number of nitrogens with zero attached hydrogens (tertiary/aromatic N) is 1. The molecule has 1 aromatic carbocycles. The summed E-state index contributed by atoms with van der Waals surface area (Å²) in [7, 11) is 0. The Balaban J connectivity index is 2.56. The van der Waals surface area contributed by atoms with Crippen LogP contribution in [0.25, 0.3) is 22.1 Å². The Morgan fingerprint density at radius 3 is 3.00 bits per heavy atom. The van der Waals surface area contributed by atoms with Crippen molar-refractivity contribution in [3.63, 3.8) is 0 Å². The van der Waals surface area contributed by atoms with Crippen LogP contribution in [0.3, 0.4) is 0 Å². The first-order valence-corrected chi connectivity index (χ1v) is 4.10. The number of aromatic nitrogens is 1. The molecule has 0 atom stereocenters. The van der Waals surface area contributed by atoms with Gasteiger partial charge in [0, 0.05) is 17.5 Å². The molecule has 0 fully saturated rings. The van der Waals surface area contributed by atoms with Gasteiger partial charge >= 0.3 is 5.63 Å². The highest BCUT2D eigenvalue weighted by molar-refractivity contribution is 5.90. The molecule has 14 heavy (non-hydrogen) atoms. The normalized spacial score (nSPS) is 11.1. The van der Waals surface area contributed by atoms with Crippen molar-refractivity contribution >= 4 is 22.1 Å². The van der Waals surface area contributed by atoms with Crippen LogP contribution < -0.4 is 5.63 Å². The second kappa shape index (κ2) is 2.45. The third-order valence-electron chi connectivity index (χ3n) is 2.07. The molecular weight excluding hydrogens is 182 g/mol. The summed E-state index contributed by atoms with van der Waals surface area (Å²) in [5.41, 5.74) is 1.52. The maximum Gasteiger partial charge on any atom is 0.336 e. The van der Waals surface area contributed by atoms with Crippen molar-refractivity contribution in [3.8, 4) is 0 Å². The second-order valence-electron chi connectivity index (χ2n) is 2.96. The minimum absolute atomic E-state index is 0.364. The third kappa shape index (κ3) is 0.939. The molecule has 0 aliphatic carbocycles. The molecule has 0 spiro atoms. The van der Waals surface area contributed by atoms with Gasteiger partial charge in [0.15, 0.2) is 12.0 Å². The van der Waals surface area contributed by atoms with Gasteiger partial charge in [-0.1, -0.05) is 0 Å². The predicted molar refractivity (Wildman–Crippen MR) is 50.1 cm³/mol. The maximum atomic E-state index is 10.9. The van der Waals surface area contributed by atoms with Crippen LogP contribution in [0.15, 0.2) is 44.3 Å². The van der Waals surface area contributed by atoms with Gasteiger partial charge in [-0.2, -0.15) is 0 Å². The molecule has 2 aromatic heterocycles. The summed E-state index contributed by atoms with van der Waals surface area (Å²) < 4.78 is 10.1. The Hall–Kier alpha value is -2.10. The lowest BCUT2D eigenvalue weighted by molar-refractivity contribution is 0.559. The molecule has 4 heteroatoms. The van der Waals surface area contributed by atoms with Crippen LogP contribution in [0, 0.1) is 0 Å². The summed E-state index contributed by atoms with van der Waals surface area (Å²) in [4.78, 5) is 14.9. The van der Waals surface area contributed by atoms with Crippen molar-refractivity contribution in [2.45, 2.75) is 0 Å². The van der Waals surface area contributed by atoms with E-state index in [0.717, 1.165) is 10.9 Å². The second-order valence-corrected chi connectivity index (χ2v) is 2.96. The molecule has 0 amide bonds. The number of hydrogen-bond donors (Lipinski definition) is 0. The molecule has 0 saturated heterocycles. The molecule has 2 heterocycles. The van der Waals surface area contributed by atoms with Crippen LogP contribution in [0.4, 0.5) is 0 Å². The summed E-state index contributed by atoms with van der Waals surface area (Å²) in [6.45, 7) is 0. The van der Waals surface area contributed by atoms with Crippen LogP contribution in [-0.4, -0.2) is 4.98 Å². The van der Waals surface area contributed by atoms with Crippen molar-refractivity contribution in [3.05, 3.63) is 41.1 Å². The molecule has 68 valence electrons. The van der Waals surface area contributed by atoms with Crippen molar-refractivity contribution in [1.82, 2.24) is 4.98 Å². The summed E-state index contributed by atoms with van der Waals surface area (Å²) in [5, 5.41) is 0.839. The Labute approximate surface area is 77.8 Å². The first-order chi connectivity index (χ1) is 6.83. The van der Waals surface area contributed by atoms with Gasteiger partial charge in [-0.15, -0.1) is 0 Å². The minimum Gasteiger partial charge on any atom is -0.443 e. The molecule has 0 aliphatic rings. The quantitative estimate of drug-likeness (QED) is 0.504. The van der Waals surface area contributed by atoms with E-state index in [1.807, 2.05) is 6.07 Å². The van der Waals surface area contributed by atoms with Gasteiger partial charge in [0.1, 0.15) is 11.1 Å². The lowest BCUT2D eigenvalue weighted by atomic mass is 10.2. The fourth-order valence-corrected chi connectivity index (χ4v) is 1.42. The van der Waals surface area contributed by atoms with E-state index < -0.39 is 0 Å². The topological polar surface area (TPSA) is 56.2 Å². The van der Waals surface area contributed by atoms with E-state index in [-0.39, 0.29) is 5.63 Å². The van der Waals surface area contributed by atoms with Crippen molar-refractivity contribution < 1.29 is 8.83 Å². The molecule has 3 aromatic rings. The Morgan fingerprint density at radius 1 is 1.14 bits per heavy atom. The molecule has 3 rings (SSSR count). The standard InChI is InChI=1S/C10H5NO3/c12-10-2-1-6-3-7-9(13-5-11-7)4-8(6)14-10/h1-5H. The molecule has 4 nitrogen and oxygen atoms in total. The van der Waals surface area contributed by atoms with E-state index in [1.165, 1.54) is 12.5 Å². The Bertz CT molecular complexity index is 665. The highest BCUT2D eigenvalue weighted by Crippen LogP contribution is 2.20. The number of fused-ring (bicyclic) bond motifs is 2. The van der Waals surface area contributed by atoms with E-state index in [2.05, 4.69) is 4.98 Å². The molecule has 0 unspecified atom stereocenters. The van der Waals surface area contributed by atoms with Crippen LogP contribution in [0.1, 0.15) is 0 Å². The fourth-order valence-electron chi connectivity index (χ4n) is 1.42. The van der Waals surface area contributed by atoms with Crippen LogP contribution in [0.2, 0.25) is 0 Å². The first-order valence-electron chi connectivity index (χ1n) is 4.10. The average molecular weight is 187 g/mol. The van der Waals surface area contributed by atoms with Crippen LogP contribution in [-0.2, 0) is 0 Å². The maximum absolute atomic E-state index is 10.9. The van der Waals surface area contributed by atoms with E-state index >= 15 is 0 Å². The molecular formula is C10H5NO3. The van der Waals surface area contributed by atoms with Gasteiger partial charge in [0.2, 0.25) is 0 Å². The van der Waals surface area contributed by atoms with Gasteiger partial charge in [-0.05, 0) is 12.1 Å². The van der Waals surface area contributed by atoms with Gasteiger partial charge in [-0.3, -0.25) is 0 Å². The van der Waals surface area contributed by atoms with Crippen LogP contribution in [0.5, 0.6) is 0 Å². The predicted octanol–water partition coefficient (Wildman–Crippen LogP) is 1.93. The zero-order valence-electron chi connectivity index (χ0n) is 7.06. The van der Waals surface area contributed by atoms with Gasteiger partial charge in [0.05, 0.1) is 0 Å². The zero-order chi connectivity index (χ0) is 9.54. The number of hydrogen-bond acceptors (Lipinski definition) is 4. The summed E-state index contributed by atoms with van der Waals surface area (Å²) in [6.07, 6.45) is 1.36. The smallest absolute Gasteiger partial charge is 0.336 e. The van der Waals surface area contributed by atoms with Crippen molar-refractivity contribution in [2.75, 3.05) is 0 Å². The van der Waals surface area contributed by atoms with E-state index in [4.69, 9.17) is 8.83 Å².